The highest BCUT2D eigenvalue weighted by molar-refractivity contribution is 14.1. The van der Waals surface area contributed by atoms with Gasteiger partial charge in [-0.05, 0) is 34.7 Å². The van der Waals surface area contributed by atoms with Crippen molar-refractivity contribution in [3.8, 4) is 5.69 Å². The van der Waals surface area contributed by atoms with E-state index in [0.717, 1.165) is 9.64 Å². The molecule has 2 aromatic rings. The molecule has 0 spiro atoms. The first-order chi connectivity index (χ1) is 7.48. The quantitative estimate of drug-likeness (QED) is 0.728. The predicted octanol–water partition coefficient (Wildman–Crippen LogP) is 3.50. The maximum absolute atomic E-state index is 12.7. The van der Waals surface area contributed by atoms with E-state index >= 15 is 0 Å². The van der Waals surface area contributed by atoms with Gasteiger partial charge in [0, 0.05) is 6.20 Å². The van der Waals surface area contributed by atoms with E-state index in [0.29, 0.717) is 0 Å². The fourth-order valence-corrected chi connectivity index (χ4v) is 1.73. The highest BCUT2D eigenvalue weighted by Crippen LogP contribution is 2.33. The van der Waals surface area contributed by atoms with Crippen LogP contribution in [0.25, 0.3) is 5.69 Å². The van der Waals surface area contributed by atoms with E-state index in [1.54, 1.807) is 12.3 Å². The Morgan fingerprint density at radius 2 is 1.88 bits per heavy atom. The fourth-order valence-electron chi connectivity index (χ4n) is 1.35. The summed E-state index contributed by atoms with van der Waals surface area (Å²) in [5.74, 6) is 0. The second-order valence-electron chi connectivity index (χ2n) is 3.12. The number of alkyl halides is 3. The van der Waals surface area contributed by atoms with Crippen molar-refractivity contribution >= 4 is 22.6 Å². The Balaban J connectivity index is 2.57. The second-order valence-corrected chi connectivity index (χ2v) is 4.36. The van der Waals surface area contributed by atoms with Crippen LogP contribution in [-0.2, 0) is 6.18 Å². The molecule has 0 atom stereocenters. The first kappa shape index (κ1) is 11.4. The van der Waals surface area contributed by atoms with Gasteiger partial charge in [0.2, 0.25) is 0 Å². The molecule has 2 nitrogen and oxygen atoms in total. The third-order valence-electron chi connectivity index (χ3n) is 2.01. The summed E-state index contributed by atoms with van der Waals surface area (Å²) < 4.78 is 40.1. The Hall–Kier alpha value is -1.05. The molecule has 0 saturated heterocycles. The van der Waals surface area contributed by atoms with Gasteiger partial charge < -0.3 is 0 Å². The molecule has 0 aliphatic heterocycles. The van der Waals surface area contributed by atoms with Crippen LogP contribution in [0.1, 0.15) is 5.56 Å². The van der Waals surface area contributed by atoms with Gasteiger partial charge in [-0.2, -0.15) is 18.3 Å². The molecule has 1 aromatic carbocycles. The molecule has 0 unspecified atom stereocenters. The van der Waals surface area contributed by atoms with Crippen molar-refractivity contribution in [3.05, 3.63) is 45.8 Å². The molecule has 1 heterocycles. The number of rotatable bonds is 1. The van der Waals surface area contributed by atoms with E-state index in [9.17, 15) is 13.2 Å². The number of hydrogen-bond acceptors (Lipinski definition) is 1. The van der Waals surface area contributed by atoms with Gasteiger partial charge in [0.05, 0.1) is 21.0 Å². The van der Waals surface area contributed by atoms with Crippen LogP contribution in [0, 0.1) is 3.57 Å². The van der Waals surface area contributed by atoms with Crippen LogP contribution >= 0.6 is 22.6 Å². The first-order valence-corrected chi connectivity index (χ1v) is 5.43. The lowest BCUT2D eigenvalue weighted by Gasteiger charge is -2.11. The fraction of sp³-hybridized carbons (Fsp3) is 0.100. The van der Waals surface area contributed by atoms with E-state index < -0.39 is 11.7 Å². The van der Waals surface area contributed by atoms with Gasteiger partial charge >= 0.3 is 6.18 Å². The third kappa shape index (κ3) is 2.21. The minimum absolute atomic E-state index is 0.0397. The lowest BCUT2D eigenvalue weighted by atomic mass is 10.2. The molecular formula is C10H6F3IN2. The summed E-state index contributed by atoms with van der Waals surface area (Å²) in [6.07, 6.45) is -1.31. The minimum Gasteiger partial charge on any atom is -0.239 e. The summed E-state index contributed by atoms with van der Waals surface area (Å²) in [6.45, 7) is 0. The number of aromatic nitrogens is 2. The zero-order chi connectivity index (χ0) is 11.8. The van der Waals surface area contributed by atoms with Gasteiger partial charge in [0.25, 0.3) is 0 Å². The number of nitrogens with zero attached hydrogens (tertiary/aromatic N) is 2. The zero-order valence-electron chi connectivity index (χ0n) is 7.87. The van der Waals surface area contributed by atoms with Crippen molar-refractivity contribution in [2.24, 2.45) is 0 Å². The van der Waals surface area contributed by atoms with Crippen molar-refractivity contribution in [2.45, 2.75) is 6.18 Å². The maximum Gasteiger partial charge on any atom is 0.418 e. The van der Waals surface area contributed by atoms with Gasteiger partial charge in [0.1, 0.15) is 0 Å². The number of para-hydroxylation sites is 1. The van der Waals surface area contributed by atoms with E-state index in [4.69, 9.17) is 0 Å². The van der Waals surface area contributed by atoms with Gasteiger partial charge in [-0.1, -0.05) is 12.1 Å². The van der Waals surface area contributed by atoms with Crippen molar-refractivity contribution < 1.29 is 13.2 Å². The van der Waals surface area contributed by atoms with Crippen LogP contribution in [0.5, 0.6) is 0 Å². The molecule has 84 valence electrons. The van der Waals surface area contributed by atoms with Gasteiger partial charge in [-0.3, -0.25) is 0 Å². The van der Waals surface area contributed by atoms with Gasteiger partial charge in [-0.15, -0.1) is 0 Å². The lowest BCUT2D eigenvalue weighted by molar-refractivity contribution is -0.137. The molecule has 0 bridgehead atoms. The highest BCUT2D eigenvalue weighted by atomic mass is 127. The minimum atomic E-state index is -4.37. The van der Waals surface area contributed by atoms with E-state index in [1.165, 1.54) is 23.0 Å². The SMILES string of the molecule is FC(F)(F)c1ccccc1-n1cc(I)cn1. The number of hydrogen-bond donors (Lipinski definition) is 0. The molecular weight excluding hydrogens is 332 g/mol. The Morgan fingerprint density at radius 3 is 2.44 bits per heavy atom. The van der Waals surface area contributed by atoms with Crippen LogP contribution in [0.3, 0.4) is 0 Å². The molecule has 0 aliphatic carbocycles. The van der Waals surface area contributed by atoms with Crippen LogP contribution < -0.4 is 0 Å². The van der Waals surface area contributed by atoms with E-state index in [1.807, 2.05) is 22.6 Å². The van der Waals surface area contributed by atoms with Crippen molar-refractivity contribution in [1.29, 1.82) is 0 Å². The Bertz CT molecular complexity index is 505. The third-order valence-corrected chi connectivity index (χ3v) is 2.56. The molecule has 0 fully saturated rings. The molecule has 0 amide bonds. The summed E-state index contributed by atoms with van der Waals surface area (Å²) in [5, 5.41) is 3.87. The Kier molecular flexibility index (Phi) is 2.92. The summed E-state index contributed by atoms with van der Waals surface area (Å²) in [6, 6.07) is 5.36. The average molecular weight is 338 g/mol. The maximum atomic E-state index is 12.7. The zero-order valence-corrected chi connectivity index (χ0v) is 10.0. The topological polar surface area (TPSA) is 17.8 Å². The predicted molar refractivity (Wildman–Crippen MR) is 61.3 cm³/mol. The second kappa shape index (κ2) is 4.08. The summed E-state index contributed by atoms with van der Waals surface area (Å²) >= 11 is 2.00. The van der Waals surface area contributed by atoms with Crippen LogP contribution in [0.2, 0.25) is 0 Å². The summed E-state index contributed by atoms with van der Waals surface area (Å²) in [5.41, 5.74) is -0.646. The van der Waals surface area contributed by atoms with E-state index in [2.05, 4.69) is 5.10 Å². The molecule has 1 aromatic heterocycles. The van der Waals surface area contributed by atoms with Crippen molar-refractivity contribution in [3.63, 3.8) is 0 Å². The smallest absolute Gasteiger partial charge is 0.239 e. The molecule has 2 rings (SSSR count). The molecule has 0 N–H and O–H groups in total. The monoisotopic (exact) mass is 338 g/mol. The van der Waals surface area contributed by atoms with Crippen LogP contribution in [0.4, 0.5) is 13.2 Å². The molecule has 0 saturated carbocycles. The van der Waals surface area contributed by atoms with Gasteiger partial charge in [-0.25, -0.2) is 4.68 Å². The van der Waals surface area contributed by atoms with Crippen LogP contribution in [0.15, 0.2) is 36.7 Å². The standard InChI is InChI=1S/C10H6F3IN2/c11-10(12,13)8-3-1-2-4-9(8)16-6-7(14)5-15-16/h1-6H. The lowest BCUT2D eigenvalue weighted by Crippen LogP contribution is -2.10. The number of benzene rings is 1. The Morgan fingerprint density at radius 1 is 1.19 bits per heavy atom. The first-order valence-electron chi connectivity index (χ1n) is 4.35. The molecule has 16 heavy (non-hydrogen) atoms. The van der Waals surface area contributed by atoms with Crippen molar-refractivity contribution in [1.82, 2.24) is 9.78 Å². The summed E-state index contributed by atoms with van der Waals surface area (Å²) in [4.78, 5) is 0. The number of halogens is 4. The van der Waals surface area contributed by atoms with Crippen LogP contribution in [-0.4, -0.2) is 9.78 Å². The largest absolute Gasteiger partial charge is 0.418 e. The van der Waals surface area contributed by atoms with Gasteiger partial charge in [0.15, 0.2) is 0 Å². The Labute approximate surface area is 103 Å². The summed E-state index contributed by atoms with van der Waals surface area (Å²) in [7, 11) is 0. The molecule has 0 aliphatic rings. The van der Waals surface area contributed by atoms with Crippen molar-refractivity contribution in [2.75, 3.05) is 0 Å². The normalized spacial score (nSPS) is 11.8. The molecule has 0 radical (unpaired) electrons. The highest BCUT2D eigenvalue weighted by Gasteiger charge is 2.33. The molecule has 6 heteroatoms. The average Bonchev–Trinajstić information content (AvgIpc) is 2.64. The van der Waals surface area contributed by atoms with E-state index in [-0.39, 0.29) is 5.69 Å².